The first-order chi connectivity index (χ1) is 8.54. The Morgan fingerprint density at radius 2 is 2.22 bits per heavy atom. The number of benzene rings is 1. The summed E-state index contributed by atoms with van der Waals surface area (Å²) >= 11 is 0. The highest BCUT2D eigenvalue weighted by molar-refractivity contribution is 5.81. The molecule has 0 aromatic heterocycles. The van der Waals surface area contributed by atoms with Gasteiger partial charge in [-0.15, -0.1) is 5.10 Å². The van der Waals surface area contributed by atoms with Crippen molar-refractivity contribution in [1.82, 2.24) is 5.53 Å². The highest BCUT2D eigenvalue weighted by Gasteiger charge is 2.04. The van der Waals surface area contributed by atoms with Gasteiger partial charge in [-0.1, -0.05) is 6.07 Å². The van der Waals surface area contributed by atoms with Crippen LogP contribution in [0.3, 0.4) is 0 Å². The van der Waals surface area contributed by atoms with Crippen molar-refractivity contribution in [3.8, 4) is 0 Å². The molecule has 0 fully saturated rings. The fraction of sp³-hybridized carbons (Fsp3) is 0.222. The van der Waals surface area contributed by atoms with Gasteiger partial charge in [0.15, 0.2) is 0 Å². The van der Waals surface area contributed by atoms with Crippen LogP contribution in [-0.4, -0.2) is 17.6 Å². The van der Waals surface area contributed by atoms with Crippen LogP contribution in [0.5, 0.6) is 0 Å². The minimum atomic E-state index is 0.134. The van der Waals surface area contributed by atoms with E-state index in [1.165, 1.54) is 0 Å². The number of hydrazone groups is 1. The van der Waals surface area contributed by atoms with Crippen LogP contribution in [0, 0.1) is 0 Å². The summed E-state index contributed by atoms with van der Waals surface area (Å²) in [6.45, 7) is 0.427. The maximum atomic E-state index is 9.05. The minimum absolute atomic E-state index is 0.134. The van der Waals surface area contributed by atoms with Gasteiger partial charge in [-0.05, 0) is 17.7 Å². The number of ether oxygens (including phenoxy) is 1. The summed E-state index contributed by atoms with van der Waals surface area (Å²) in [5, 5.41) is 13.0. The van der Waals surface area contributed by atoms with Crippen LogP contribution in [0.4, 0.5) is 11.4 Å². The summed E-state index contributed by atoms with van der Waals surface area (Å²) in [6.07, 6.45) is 0. The lowest BCUT2D eigenvalue weighted by atomic mass is 10.2. The molecular formula is C9H17N7O2. The van der Waals surface area contributed by atoms with E-state index in [-0.39, 0.29) is 12.4 Å². The lowest BCUT2D eigenvalue weighted by Gasteiger charge is -2.13. The molecule has 10 N–H and O–H groups in total. The van der Waals surface area contributed by atoms with E-state index in [0.717, 1.165) is 5.56 Å². The third kappa shape index (κ3) is 4.07. The Hall–Kier alpha value is -2.07. The topological polar surface area (TPSA) is 161 Å². The Bertz CT molecular complexity index is 421. The van der Waals surface area contributed by atoms with E-state index < -0.39 is 0 Å². The number of nitrogens with zero attached hydrogens (tertiary/aromatic N) is 2. The second kappa shape index (κ2) is 6.61. The number of hydrogen-bond acceptors (Lipinski definition) is 8. The molecule has 1 aromatic rings. The number of amidine groups is 1. The van der Waals surface area contributed by atoms with Crippen molar-refractivity contribution in [1.29, 1.82) is 0 Å². The summed E-state index contributed by atoms with van der Waals surface area (Å²) in [5.74, 6) is 10.3. The van der Waals surface area contributed by atoms with E-state index in [2.05, 4.69) is 10.6 Å². The van der Waals surface area contributed by atoms with E-state index in [1.807, 2.05) is 0 Å². The van der Waals surface area contributed by atoms with Crippen molar-refractivity contribution in [3.63, 3.8) is 0 Å². The second-order valence-corrected chi connectivity index (χ2v) is 3.46. The predicted octanol–water partition coefficient (Wildman–Crippen LogP) is -1.41. The van der Waals surface area contributed by atoms with Gasteiger partial charge in [-0.25, -0.2) is 17.2 Å². The first-order valence-electron chi connectivity index (χ1n) is 5.02. The molecule has 0 saturated heterocycles. The molecular weight excluding hydrogens is 238 g/mol. The standard InChI is InChI=1S/C9H17N7O2/c10-7-3-6(1-2-8(7)16(13)17)4-18-5-9(11)14-15-12/h1-3,15,17H,4-5,10,12-13H2,(H2,11,14). The van der Waals surface area contributed by atoms with Crippen molar-refractivity contribution in [2.75, 3.05) is 17.5 Å². The van der Waals surface area contributed by atoms with Gasteiger partial charge in [0.1, 0.15) is 18.1 Å². The van der Waals surface area contributed by atoms with Gasteiger partial charge in [0.05, 0.1) is 12.3 Å². The van der Waals surface area contributed by atoms with Crippen LogP contribution in [0.1, 0.15) is 5.56 Å². The molecule has 0 aliphatic carbocycles. The molecule has 0 spiro atoms. The third-order valence-corrected chi connectivity index (χ3v) is 2.07. The molecule has 0 atom stereocenters. The fourth-order valence-corrected chi connectivity index (χ4v) is 1.29. The second-order valence-electron chi connectivity index (χ2n) is 3.46. The van der Waals surface area contributed by atoms with E-state index in [0.29, 0.717) is 23.2 Å². The SMILES string of the molecule is NN/N=C(\N)COCc1ccc(N(N)O)c(N)c1. The quantitative estimate of drug-likeness (QED) is 0.119. The van der Waals surface area contributed by atoms with Gasteiger partial charge < -0.3 is 16.2 Å². The van der Waals surface area contributed by atoms with Crippen molar-refractivity contribution >= 4 is 17.2 Å². The summed E-state index contributed by atoms with van der Waals surface area (Å²) in [4.78, 5) is 0. The maximum absolute atomic E-state index is 9.05. The fourth-order valence-electron chi connectivity index (χ4n) is 1.29. The Kier molecular flexibility index (Phi) is 5.14. The van der Waals surface area contributed by atoms with Crippen molar-refractivity contribution < 1.29 is 9.94 Å². The average Bonchev–Trinajstić information content (AvgIpc) is 2.29. The highest BCUT2D eigenvalue weighted by Crippen LogP contribution is 2.21. The van der Waals surface area contributed by atoms with E-state index in [4.69, 9.17) is 33.1 Å². The first-order valence-corrected chi connectivity index (χ1v) is 5.02. The Morgan fingerprint density at radius 3 is 2.78 bits per heavy atom. The van der Waals surface area contributed by atoms with Crippen LogP contribution >= 0.6 is 0 Å². The molecule has 100 valence electrons. The van der Waals surface area contributed by atoms with Crippen LogP contribution in [0.25, 0.3) is 0 Å². The number of hydrazine groups is 2. The predicted molar refractivity (Wildman–Crippen MR) is 67.9 cm³/mol. The largest absolute Gasteiger partial charge is 0.397 e. The Morgan fingerprint density at radius 1 is 1.50 bits per heavy atom. The van der Waals surface area contributed by atoms with Crippen molar-refractivity contribution in [2.24, 2.45) is 22.5 Å². The number of hydrogen-bond donors (Lipinski definition) is 6. The molecule has 9 heteroatoms. The molecule has 0 aliphatic heterocycles. The summed E-state index contributed by atoms with van der Waals surface area (Å²) in [5.41, 5.74) is 14.7. The van der Waals surface area contributed by atoms with Crippen LogP contribution in [0.15, 0.2) is 23.3 Å². The first kappa shape index (κ1) is 14.0. The zero-order valence-electron chi connectivity index (χ0n) is 9.71. The third-order valence-electron chi connectivity index (χ3n) is 2.07. The van der Waals surface area contributed by atoms with Crippen molar-refractivity contribution in [3.05, 3.63) is 23.8 Å². The molecule has 1 rings (SSSR count). The van der Waals surface area contributed by atoms with Crippen LogP contribution in [0.2, 0.25) is 0 Å². The average molecular weight is 255 g/mol. The molecule has 0 bridgehead atoms. The molecule has 0 saturated carbocycles. The number of nitrogen functional groups attached to an aromatic ring is 1. The minimum Gasteiger partial charge on any atom is -0.397 e. The maximum Gasteiger partial charge on any atom is 0.147 e. The monoisotopic (exact) mass is 255 g/mol. The number of nitrogens with two attached hydrogens (primary N) is 4. The lowest BCUT2D eigenvalue weighted by molar-refractivity contribution is 0.157. The van der Waals surface area contributed by atoms with Gasteiger partial charge in [0.2, 0.25) is 0 Å². The van der Waals surface area contributed by atoms with Gasteiger partial charge in [-0.2, -0.15) is 5.17 Å². The van der Waals surface area contributed by atoms with Crippen LogP contribution in [-0.2, 0) is 11.3 Å². The number of rotatable bonds is 6. The molecule has 18 heavy (non-hydrogen) atoms. The summed E-state index contributed by atoms with van der Waals surface area (Å²) in [6, 6.07) is 4.93. The van der Waals surface area contributed by atoms with Gasteiger partial charge in [0, 0.05) is 0 Å². The Labute approximate surface area is 104 Å². The normalized spacial score (nSPS) is 11.4. The number of anilines is 2. The van der Waals surface area contributed by atoms with Gasteiger partial charge in [0.25, 0.3) is 0 Å². The van der Waals surface area contributed by atoms with Gasteiger partial charge >= 0.3 is 0 Å². The summed E-state index contributed by atoms with van der Waals surface area (Å²) in [7, 11) is 0. The van der Waals surface area contributed by atoms with E-state index in [9.17, 15) is 0 Å². The number of nitrogens with one attached hydrogen (secondary N) is 1. The zero-order valence-corrected chi connectivity index (χ0v) is 9.71. The molecule has 0 heterocycles. The van der Waals surface area contributed by atoms with Crippen molar-refractivity contribution in [2.45, 2.75) is 6.61 Å². The Balaban J connectivity index is 2.54. The summed E-state index contributed by atoms with van der Waals surface area (Å²) < 4.78 is 5.28. The molecule has 1 aromatic carbocycles. The van der Waals surface area contributed by atoms with E-state index in [1.54, 1.807) is 18.2 Å². The van der Waals surface area contributed by atoms with E-state index >= 15 is 0 Å². The van der Waals surface area contributed by atoms with Gasteiger partial charge in [-0.3, -0.25) is 5.21 Å². The molecule has 9 nitrogen and oxygen atoms in total. The molecule has 0 unspecified atom stereocenters. The molecule has 0 amide bonds. The molecule has 0 aliphatic rings. The zero-order chi connectivity index (χ0) is 13.5. The smallest absolute Gasteiger partial charge is 0.147 e. The van der Waals surface area contributed by atoms with Crippen LogP contribution < -0.4 is 33.9 Å². The molecule has 0 radical (unpaired) electrons. The lowest BCUT2D eigenvalue weighted by Crippen LogP contribution is -2.27. The highest BCUT2D eigenvalue weighted by atomic mass is 16.5.